The van der Waals surface area contributed by atoms with Crippen LogP contribution in [0.15, 0.2) is 35.6 Å². The number of hydrogen-bond donors (Lipinski definition) is 1. The fourth-order valence-electron chi connectivity index (χ4n) is 1.22. The Labute approximate surface area is 70.3 Å². The Balaban J connectivity index is 3.03. The maximum absolute atomic E-state index is 5.70. The van der Waals surface area contributed by atoms with Gasteiger partial charge in [0, 0.05) is 10.9 Å². The van der Waals surface area contributed by atoms with Gasteiger partial charge in [0.25, 0.3) is 0 Å². The van der Waals surface area contributed by atoms with Gasteiger partial charge in [0.1, 0.15) is 0 Å². The maximum atomic E-state index is 5.70. The average Bonchev–Trinajstić information content (AvgIpc) is 1.89. The number of hydrogen-bond acceptors (Lipinski definition) is 1. The molecule has 0 radical (unpaired) electrons. The van der Waals surface area contributed by atoms with Crippen molar-refractivity contribution in [3.63, 3.8) is 0 Å². The molecule has 1 aliphatic rings. The molecule has 0 bridgehead atoms. The topological polar surface area (TPSA) is 26.0 Å². The smallest absolute Gasteiger partial charge is 0.0285 e. The third-order valence-electron chi connectivity index (χ3n) is 1.56. The van der Waals surface area contributed by atoms with Gasteiger partial charge in [0.15, 0.2) is 0 Å². The van der Waals surface area contributed by atoms with E-state index in [1.807, 2.05) is 18.2 Å². The Bertz CT molecular complexity index is 222. The summed E-state index contributed by atoms with van der Waals surface area (Å²) < 4.78 is 0. The molecule has 0 aromatic carbocycles. The molecule has 0 aromatic rings. The SMILES string of the molecule is CC1=CC(C)(P)C=C(N)C=C1. The number of allylic oxidation sites excluding steroid dienone is 5. The van der Waals surface area contributed by atoms with E-state index in [0.29, 0.717) is 0 Å². The van der Waals surface area contributed by atoms with E-state index in [1.165, 1.54) is 5.57 Å². The molecule has 0 saturated carbocycles. The molecule has 2 heteroatoms. The zero-order chi connectivity index (χ0) is 8.48. The van der Waals surface area contributed by atoms with Crippen molar-refractivity contribution in [1.82, 2.24) is 0 Å². The average molecular weight is 167 g/mol. The van der Waals surface area contributed by atoms with Gasteiger partial charge < -0.3 is 5.73 Å². The van der Waals surface area contributed by atoms with Crippen LogP contribution in [0.2, 0.25) is 0 Å². The van der Waals surface area contributed by atoms with Crippen molar-refractivity contribution >= 4 is 9.24 Å². The monoisotopic (exact) mass is 167 g/mol. The molecule has 60 valence electrons. The lowest BCUT2D eigenvalue weighted by Gasteiger charge is -2.14. The largest absolute Gasteiger partial charge is 0.399 e. The Morgan fingerprint density at radius 2 is 2.00 bits per heavy atom. The van der Waals surface area contributed by atoms with Crippen molar-refractivity contribution in [2.24, 2.45) is 5.73 Å². The van der Waals surface area contributed by atoms with E-state index in [-0.39, 0.29) is 5.16 Å². The van der Waals surface area contributed by atoms with Crippen molar-refractivity contribution in [2.45, 2.75) is 19.0 Å². The molecule has 1 aliphatic carbocycles. The van der Waals surface area contributed by atoms with Gasteiger partial charge in [-0.15, -0.1) is 9.24 Å². The number of nitrogens with two attached hydrogens (primary N) is 1. The van der Waals surface area contributed by atoms with Crippen LogP contribution < -0.4 is 5.73 Å². The molecule has 0 heterocycles. The molecule has 2 unspecified atom stereocenters. The van der Waals surface area contributed by atoms with Crippen molar-refractivity contribution in [2.75, 3.05) is 0 Å². The van der Waals surface area contributed by atoms with Crippen LogP contribution in [0.5, 0.6) is 0 Å². The van der Waals surface area contributed by atoms with Gasteiger partial charge in [-0.25, -0.2) is 0 Å². The normalized spacial score (nSPS) is 30.8. The quantitative estimate of drug-likeness (QED) is 0.548. The lowest BCUT2D eigenvalue weighted by Crippen LogP contribution is -2.09. The molecule has 0 spiro atoms. The third kappa shape index (κ3) is 2.51. The summed E-state index contributed by atoms with van der Waals surface area (Å²) in [6, 6.07) is 0. The fourth-order valence-corrected chi connectivity index (χ4v) is 1.67. The van der Waals surface area contributed by atoms with Crippen LogP contribution in [-0.2, 0) is 0 Å². The summed E-state index contributed by atoms with van der Waals surface area (Å²) in [5.74, 6) is 0. The predicted octanol–water partition coefficient (Wildman–Crippen LogP) is 1.98. The minimum Gasteiger partial charge on any atom is -0.399 e. The van der Waals surface area contributed by atoms with Crippen LogP contribution in [0.4, 0.5) is 0 Å². The maximum Gasteiger partial charge on any atom is 0.0285 e. The molecule has 2 atom stereocenters. The van der Waals surface area contributed by atoms with E-state index in [2.05, 4.69) is 29.2 Å². The van der Waals surface area contributed by atoms with E-state index >= 15 is 0 Å². The zero-order valence-electron chi connectivity index (χ0n) is 6.96. The van der Waals surface area contributed by atoms with E-state index < -0.39 is 0 Å². The van der Waals surface area contributed by atoms with Gasteiger partial charge >= 0.3 is 0 Å². The van der Waals surface area contributed by atoms with Gasteiger partial charge in [-0.05, 0) is 26.0 Å². The first kappa shape index (κ1) is 8.55. The second kappa shape index (κ2) is 2.83. The molecule has 0 saturated heterocycles. The highest BCUT2D eigenvalue weighted by atomic mass is 31.0. The molecule has 0 fully saturated rings. The molecule has 0 aromatic heterocycles. The second-order valence-electron chi connectivity index (χ2n) is 3.23. The lowest BCUT2D eigenvalue weighted by atomic mass is 10.1. The number of rotatable bonds is 0. The Morgan fingerprint density at radius 3 is 2.64 bits per heavy atom. The van der Waals surface area contributed by atoms with Gasteiger partial charge in [-0.3, -0.25) is 0 Å². The standard InChI is InChI=1S/C9H14NP/c1-7-3-4-8(10)6-9(2,11)5-7/h3-6H,10-11H2,1-2H3. The minimum absolute atomic E-state index is 0.0116. The molecule has 0 aliphatic heterocycles. The summed E-state index contributed by atoms with van der Waals surface area (Å²) in [7, 11) is 2.77. The minimum atomic E-state index is 0.0116. The van der Waals surface area contributed by atoms with Crippen LogP contribution in [0, 0.1) is 0 Å². The molecular formula is C9H14NP. The molecule has 1 rings (SSSR count). The molecular weight excluding hydrogens is 153 g/mol. The first-order valence-electron chi connectivity index (χ1n) is 3.64. The van der Waals surface area contributed by atoms with E-state index in [9.17, 15) is 0 Å². The molecule has 11 heavy (non-hydrogen) atoms. The summed E-state index contributed by atoms with van der Waals surface area (Å²) in [5.41, 5.74) is 7.78. The molecule has 0 amide bonds. The summed E-state index contributed by atoms with van der Waals surface area (Å²) in [6.07, 6.45) is 8.17. The third-order valence-corrected chi connectivity index (χ3v) is 1.89. The van der Waals surface area contributed by atoms with E-state index in [0.717, 1.165) is 5.70 Å². The first-order valence-corrected chi connectivity index (χ1v) is 4.22. The van der Waals surface area contributed by atoms with Crippen LogP contribution in [0.1, 0.15) is 13.8 Å². The van der Waals surface area contributed by atoms with Crippen LogP contribution in [0.3, 0.4) is 0 Å². The zero-order valence-corrected chi connectivity index (χ0v) is 8.12. The molecule has 1 nitrogen and oxygen atoms in total. The summed E-state index contributed by atoms with van der Waals surface area (Å²) in [4.78, 5) is 0. The van der Waals surface area contributed by atoms with Crippen molar-refractivity contribution < 1.29 is 0 Å². The predicted molar refractivity (Wildman–Crippen MR) is 53.3 cm³/mol. The Hall–Kier alpha value is -0.550. The van der Waals surface area contributed by atoms with Gasteiger partial charge in [0.05, 0.1) is 0 Å². The highest BCUT2D eigenvalue weighted by Gasteiger charge is 2.12. The van der Waals surface area contributed by atoms with Crippen molar-refractivity contribution in [3.05, 3.63) is 35.6 Å². The van der Waals surface area contributed by atoms with Crippen molar-refractivity contribution in [3.8, 4) is 0 Å². The molecule has 2 N–H and O–H groups in total. The van der Waals surface area contributed by atoms with Gasteiger partial charge in [-0.2, -0.15) is 0 Å². The van der Waals surface area contributed by atoms with Gasteiger partial charge in [0.2, 0.25) is 0 Å². The highest BCUT2D eigenvalue weighted by Crippen LogP contribution is 2.26. The summed E-state index contributed by atoms with van der Waals surface area (Å²) >= 11 is 0. The van der Waals surface area contributed by atoms with Crippen molar-refractivity contribution in [1.29, 1.82) is 0 Å². The lowest BCUT2D eigenvalue weighted by molar-refractivity contribution is 0.990. The summed E-state index contributed by atoms with van der Waals surface area (Å²) in [6.45, 7) is 4.19. The highest BCUT2D eigenvalue weighted by molar-refractivity contribution is 7.19. The van der Waals surface area contributed by atoms with Crippen LogP contribution in [0.25, 0.3) is 0 Å². The second-order valence-corrected chi connectivity index (χ2v) is 4.48. The van der Waals surface area contributed by atoms with E-state index in [4.69, 9.17) is 5.73 Å². The van der Waals surface area contributed by atoms with Gasteiger partial charge in [-0.1, -0.05) is 17.7 Å². The Morgan fingerprint density at radius 1 is 1.36 bits per heavy atom. The first-order chi connectivity index (χ1) is 4.99. The Kier molecular flexibility index (Phi) is 2.20. The van der Waals surface area contributed by atoms with Crippen LogP contribution >= 0.6 is 9.24 Å². The summed E-state index contributed by atoms with van der Waals surface area (Å²) in [5, 5.41) is 0.0116. The van der Waals surface area contributed by atoms with Crippen LogP contribution in [-0.4, -0.2) is 5.16 Å². The fraction of sp³-hybridized carbons (Fsp3) is 0.333. The van der Waals surface area contributed by atoms with E-state index in [1.54, 1.807) is 0 Å².